The van der Waals surface area contributed by atoms with Crippen LogP contribution in [0.5, 0.6) is 0 Å². The molecule has 6 nitrogen and oxygen atoms in total. The second kappa shape index (κ2) is 10.2. The Morgan fingerprint density at radius 1 is 1.03 bits per heavy atom. The van der Waals surface area contributed by atoms with Gasteiger partial charge in [0.15, 0.2) is 5.65 Å². The largest absolute Gasteiger partial charge is 0.416 e. The lowest BCUT2D eigenvalue weighted by molar-refractivity contribution is -0.137. The number of halogens is 4. The van der Waals surface area contributed by atoms with Crippen LogP contribution < -0.4 is 10.6 Å². The molecule has 0 spiro atoms. The van der Waals surface area contributed by atoms with Crippen LogP contribution in [0.4, 0.5) is 23.5 Å². The fraction of sp³-hybridized carbons (Fsp3) is 0.346. The van der Waals surface area contributed by atoms with Crippen molar-refractivity contribution in [2.24, 2.45) is 5.92 Å². The summed E-state index contributed by atoms with van der Waals surface area (Å²) in [5.74, 6) is 0.901. The summed E-state index contributed by atoms with van der Waals surface area (Å²) in [4.78, 5) is 13.5. The molecule has 2 N–H and O–H groups in total. The molecule has 1 fully saturated rings. The standard InChI is InChI=1S/C26H26F4N6/c27-21-7-2-1-4-19(21)15-32-25-33-16-22-24(35-25)36(13-10-17-8-11-31-12-9-17)23(34-22)18-5-3-6-20(14-18)26(28,29)30/h1-7,14,16-17,31H,8-13,15H2,(H,32,33,35). The number of aryl methyl sites for hydroxylation is 1. The van der Waals surface area contributed by atoms with Gasteiger partial charge in [-0.05, 0) is 56.5 Å². The molecule has 4 aromatic rings. The first-order valence-electron chi connectivity index (χ1n) is 12.0. The van der Waals surface area contributed by atoms with E-state index in [0.717, 1.165) is 44.5 Å². The average Bonchev–Trinajstić information content (AvgIpc) is 3.25. The fourth-order valence-electron chi connectivity index (χ4n) is 4.57. The summed E-state index contributed by atoms with van der Waals surface area (Å²) in [5, 5.41) is 6.40. The molecule has 2 aromatic carbocycles. The highest BCUT2D eigenvalue weighted by Gasteiger charge is 2.31. The van der Waals surface area contributed by atoms with E-state index in [9.17, 15) is 17.6 Å². The fourth-order valence-corrected chi connectivity index (χ4v) is 4.57. The summed E-state index contributed by atoms with van der Waals surface area (Å²) in [6, 6.07) is 11.6. The quantitative estimate of drug-likeness (QED) is 0.322. The van der Waals surface area contributed by atoms with E-state index in [1.54, 1.807) is 30.5 Å². The summed E-state index contributed by atoms with van der Waals surface area (Å²) >= 11 is 0. The van der Waals surface area contributed by atoms with E-state index in [4.69, 9.17) is 0 Å². The summed E-state index contributed by atoms with van der Waals surface area (Å²) in [7, 11) is 0. The molecule has 3 heterocycles. The Kier molecular flexibility index (Phi) is 6.86. The van der Waals surface area contributed by atoms with E-state index < -0.39 is 11.7 Å². The molecule has 1 aliphatic heterocycles. The highest BCUT2D eigenvalue weighted by atomic mass is 19.4. The van der Waals surface area contributed by atoms with Gasteiger partial charge in [0.2, 0.25) is 5.95 Å². The monoisotopic (exact) mass is 498 g/mol. The molecule has 0 radical (unpaired) electrons. The third-order valence-electron chi connectivity index (χ3n) is 6.55. The van der Waals surface area contributed by atoms with Crippen molar-refractivity contribution >= 4 is 17.1 Å². The van der Waals surface area contributed by atoms with Crippen molar-refractivity contribution < 1.29 is 17.6 Å². The zero-order valence-electron chi connectivity index (χ0n) is 19.5. The predicted octanol–water partition coefficient (Wildman–Crippen LogP) is 5.65. The molecule has 0 unspecified atom stereocenters. The van der Waals surface area contributed by atoms with Gasteiger partial charge in [-0.15, -0.1) is 0 Å². The van der Waals surface area contributed by atoms with Gasteiger partial charge in [-0.25, -0.2) is 14.4 Å². The lowest BCUT2D eigenvalue weighted by Crippen LogP contribution is -2.28. The molecule has 0 atom stereocenters. The number of anilines is 1. The summed E-state index contributed by atoms with van der Waals surface area (Å²) in [6.07, 6.45) is 0.0582. The highest BCUT2D eigenvalue weighted by Crippen LogP contribution is 2.33. The molecule has 5 rings (SSSR count). The Hall–Kier alpha value is -3.53. The maximum absolute atomic E-state index is 14.0. The number of hydrogen-bond donors (Lipinski definition) is 2. The van der Waals surface area contributed by atoms with Gasteiger partial charge >= 0.3 is 6.18 Å². The number of hydrogen-bond acceptors (Lipinski definition) is 5. The Balaban J connectivity index is 1.50. The van der Waals surface area contributed by atoms with E-state index >= 15 is 0 Å². The van der Waals surface area contributed by atoms with Crippen LogP contribution in [0, 0.1) is 11.7 Å². The number of aromatic nitrogens is 4. The van der Waals surface area contributed by atoms with Gasteiger partial charge in [-0.3, -0.25) is 0 Å². The second-order valence-corrected chi connectivity index (χ2v) is 9.00. The first kappa shape index (κ1) is 24.2. The number of rotatable bonds is 7. The third kappa shape index (κ3) is 5.33. The van der Waals surface area contributed by atoms with Crippen LogP contribution in [-0.4, -0.2) is 32.6 Å². The molecule has 0 amide bonds. The minimum absolute atomic E-state index is 0.196. The SMILES string of the molecule is Fc1ccccc1CNc1ncc2nc(-c3cccc(C(F)(F)F)c3)n(CCC3CCNCC3)c2n1. The molecule has 0 aliphatic carbocycles. The van der Waals surface area contributed by atoms with Crippen molar-refractivity contribution in [3.05, 3.63) is 71.7 Å². The van der Waals surface area contributed by atoms with E-state index in [1.807, 2.05) is 4.57 Å². The first-order chi connectivity index (χ1) is 17.4. The molecule has 36 heavy (non-hydrogen) atoms. The number of nitrogens with zero attached hydrogens (tertiary/aromatic N) is 4. The molecule has 1 aliphatic rings. The molecule has 10 heteroatoms. The van der Waals surface area contributed by atoms with Crippen LogP contribution in [0.15, 0.2) is 54.7 Å². The third-order valence-corrected chi connectivity index (χ3v) is 6.55. The van der Waals surface area contributed by atoms with E-state index in [0.29, 0.717) is 46.5 Å². The van der Waals surface area contributed by atoms with Crippen LogP contribution in [0.1, 0.15) is 30.4 Å². The topological polar surface area (TPSA) is 67.7 Å². The highest BCUT2D eigenvalue weighted by molar-refractivity contribution is 5.77. The number of piperidine rings is 1. The smallest absolute Gasteiger partial charge is 0.350 e. The van der Waals surface area contributed by atoms with E-state index in [2.05, 4.69) is 25.6 Å². The average molecular weight is 499 g/mol. The van der Waals surface area contributed by atoms with Crippen molar-refractivity contribution in [3.63, 3.8) is 0 Å². The minimum Gasteiger partial charge on any atom is -0.350 e. The van der Waals surface area contributed by atoms with E-state index in [1.165, 1.54) is 12.1 Å². The normalized spacial score (nSPS) is 14.9. The van der Waals surface area contributed by atoms with Crippen molar-refractivity contribution in [1.82, 2.24) is 24.8 Å². The number of nitrogens with one attached hydrogen (secondary N) is 2. The summed E-state index contributed by atoms with van der Waals surface area (Å²) < 4.78 is 56.1. The van der Waals surface area contributed by atoms with Crippen LogP contribution in [0.2, 0.25) is 0 Å². The molecule has 1 saturated heterocycles. The maximum atomic E-state index is 14.0. The van der Waals surface area contributed by atoms with Crippen LogP contribution in [-0.2, 0) is 19.3 Å². The number of alkyl halides is 3. The van der Waals surface area contributed by atoms with Crippen molar-refractivity contribution in [2.75, 3.05) is 18.4 Å². The zero-order valence-corrected chi connectivity index (χ0v) is 19.5. The molecule has 0 saturated carbocycles. The summed E-state index contributed by atoms with van der Waals surface area (Å²) in [6.45, 7) is 2.68. The number of benzene rings is 2. The van der Waals surface area contributed by atoms with Gasteiger partial charge in [0, 0.05) is 24.2 Å². The van der Waals surface area contributed by atoms with Crippen LogP contribution >= 0.6 is 0 Å². The Bertz CT molecular complexity index is 1340. The van der Waals surface area contributed by atoms with Gasteiger partial charge in [0.1, 0.15) is 17.2 Å². The minimum atomic E-state index is -4.45. The molecule has 188 valence electrons. The molecular weight excluding hydrogens is 472 g/mol. The lowest BCUT2D eigenvalue weighted by Gasteiger charge is -2.23. The molecule has 2 aromatic heterocycles. The summed E-state index contributed by atoms with van der Waals surface area (Å²) in [5.41, 5.74) is 1.14. The van der Waals surface area contributed by atoms with Crippen LogP contribution in [0.3, 0.4) is 0 Å². The Morgan fingerprint density at radius 3 is 2.61 bits per heavy atom. The Labute approximate surface area is 205 Å². The van der Waals surface area contributed by atoms with Crippen molar-refractivity contribution in [1.29, 1.82) is 0 Å². The molecular formula is C26H26F4N6. The predicted molar refractivity (Wildman–Crippen MR) is 130 cm³/mol. The lowest BCUT2D eigenvalue weighted by atomic mass is 9.94. The maximum Gasteiger partial charge on any atom is 0.416 e. The van der Waals surface area contributed by atoms with Crippen molar-refractivity contribution in [2.45, 2.75) is 38.5 Å². The van der Waals surface area contributed by atoms with Crippen LogP contribution in [0.25, 0.3) is 22.6 Å². The van der Waals surface area contributed by atoms with Crippen molar-refractivity contribution in [3.8, 4) is 11.4 Å². The number of fused-ring (bicyclic) bond motifs is 1. The zero-order chi connectivity index (χ0) is 25.1. The van der Waals surface area contributed by atoms with Gasteiger partial charge in [0.05, 0.1) is 11.8 Å². The Morgan fingerprint density at radius 2 is 1.83 bits per heavy atom. The first-order valence-corrected chi connectivity index (χ1v) is 12.0. The second-order valence-electron chi connectivity index (χ2n) is 9.00. The van der Waals surface area contributed by atoms with E-state index in [-0.39, 0.29) is 12.4 Å². The van der Waals surface area contributed by atoms with Gasteiger partial charge < -0.3 is 15.2 Å². The van der Waals surface area contributed by atoms with Gasteiger partial charge in [0.25, 0.3) is 0 Å². The number of imidazole rings is 1. The molecule has 0 bridgehead atoms. The van der Waals surface area contributed by atoms with Gasteiger partial charge in [-0.2, -0.15) is 18.2 Å². The van der Waals surface area contributed by atoms with Gasteiger partial charge in [-0.1, -0.05) is 30.3 Å².